The number of aliphatic hydroxyl groups excluding tert-OH is 1. The van der Waals surface area contributed by atoms with E-state index in [-0.39, 0.29) is 11.5 Å². The van der Waals surface area contributed by atoms with E-state index in [4.69, 9.17) is 16.3 Å². The molecule has 0 bridgehead atoms. The Labute approximate surface area is 153 Å². The Morgan fingerprint density at radius 3 is 2.52 bits per heavy atom. The fourth-order valence-corrected chi connectivity index (χ4v) is 2.85. The maximum Gasteiger partial charge on any atom is 0.337 e. The number of hydrogen-bond donors (Lipinski definition) is 2. The number of carbonyl (C=O) groups is 1. The number of esters is 1. The lowest BCUT2D eigenvalue weighted by Crippen LogP contribution is -2.43. The summed E-state index contributed by atoms with van der Waals surface area (Å²) in [5.74, 6) is -0.339. The number of ether oxygens (including phenoxy) is 1. The zero-order chi connectivity index (χ0) is 18.4. The monoisotopic (exact) mass is 361 g/mol. The predicted octanol–water partition coefficient (Wildman–Crippen LogP) is 3.77. The van der Waals surface area contributed by atoms with Gasteiger partial charge in [0.05, 0.1) is 18.8 Å². The minimum absolute atomic E-state index is 0.216. The highest BCUT2D eigenvalue weighted by atomic mass is 35.5. The van der Waals surface area contributed by atoms with Crippen molar-refractivity contribution in [1.29, 1.82) is 0 Å². The Kier molecular flexibility index (Phi) is 6.59. The van der Waals surface area contributed by atoms with E-state index in [1.54, 1.807) is 24.3 Å². The highest BCUT2D eigenvalue weighted by molar-refractivity contribution is 6.30. The van der Waals surface area contributed by atoms with Crippen LogP contribution in [0.2, 0.25) is 5.02 Å². The van der Waals surface area contributed by atoms with Gasteiger partial charge < -0.3 is 15.2 Å². The maximum atomic E-state index is 11.5. The van der Waals surface area contributed by atoms with E-state index in [0.717, 1.165) is 17.5 Å². The molecule has 1 atom stereocenters. The molecule has 0 aromatic heterocycles. The minimum atomic E-state index is -0.625. The molecule has 1 unspecified atom stereocenters. The van der Waals surface area contributed by atoms with E-state index in [1.807, 2.05) is 24.3 Å². The van der Waals surface area contributed by atoms with Crippen molar-refractivity contribution < 1.29 is 14.6 Å². The summed E-state index contributed by atoms with van der Waals surface area (Å²) in [6.45, 7) is 4.57. The van der Waals surface area contributed by atoms with Crippen molar-refractivity contribution in [2.24, 2.45) is 0 Å². The van der Waals surface area contributed by atoms with Gasteiger partial charge in [-0.3, -0.25) is 0 Å². The Hall–Kier alpha value is -1.88. The van der Waals surface area contributed by atoms with Crippen LogP contribution in [-0.2, 0) is 11.2 Å². The number of hydrogen-bond acceptors (Lipinski definition) is 4. The second-order valence-electron chi connectivity index (χ2n) is 6.70. The van der Waals surface area contributed by atoms with E-state index in [2.05, 4.69) is 19.2 Å². The normalized spacial score (nSPS) is 12.7. The van der Waals surface area contributed by atoms with E-state index in [1.165, 1.54) is 7.11 Å². The molecule has 0 saturated carbocycles. The number of rotatable bonds is 7. The minimum Gasteiger partial charge on any atom is -0.465 e. The zero-order valence-corrected chi connectivity index (χ0v) is 15.5. The van der Waals surface area contributed by atoms with Gasteiger partial charge in [0.1, 0.15) is 0 Å². The molecule has 5 heteroatoms. The third-order valence-corrected chi connectivity index (χ3v) is 4.26. The summed E-state index contributed by atoms with van der Waals surface area (Å²) in [7, 11) is 1.37. The largest absolute Gasteiger partial charge is 0.465 e. The zero-order valence-electron chi connectivity index (χ0n) is 14.8. The number of β-amino-alcohol motifs (C(OH)–C–C–N with tert-alkyl or cyclic N) is 1. The lowest BCUT2D eigenvalue weighted by atomic mass is 9.94. The molecule has 25 heavy (non-hydrogen) atoms. The quantitative estimate of drug-likeness (QED) is 0.737. The summed E-state index contributed by atoms with van der Waals surface area (Å²) in [6.07, 6.45) is 0.135. The molecule has 0 aliphatic heterocycles. The Balaban J connectivity index is 1.93. The summed E-state index contributed by atoms with van der Waals surface area (Å²) in [5, 5.41) is 14.3. The highest BCUT2D eigenvalue weighted by Crippen LogP contribution is 2.19. The molecule has 0 heterocycles. The van der Waals surface area contributed by atoms with Gasteiger partial charge in [0.15, 0.2) is 0 Å². The van der Waals surface area contributed by atoms with Crippen molar-refractivity contribution in [3.05, 3.63) is 70.2 Å². The molecule has 2 rings (SSSR count). The van der Waals surface area contributed by atoms with Gasteiger partial charge >= 0.3 is 5.97 Å². The van der Waals surface area contributed by atoms with Crippen LogP contribution in [0.1, 0.15) is 41.4 Å². The van der Waals surface area contributed by atoms with Gasteiger partial charge in [0.25, 0.3) is 0 Å². The smallest absolute Gasteiger partial charge is 0.337 e. The molecule has 4 nitrogen and oxygen atoms in total. The van der Waals surface area contributed by atoms with E-state index >= 15 is 0 Å². The van der Waals surface area contributed by atoms with Gasteiger partial charge in [0, 0.05) is 17.1 Å². The van der Waals surface area contributed by atoms with Gasteiger partial charge in [-0.05, 0) is 55.7 Å². The standard InChI is InChI=1S/C20H24ClNO3/c1-20(2,12-14-7-9-15(10-8-14)19(24)25-3)22-13-18(23)16-5-4-6-17(21)11-16/h4-11,18,22-23H,12-13H2,1-3H3. The van der Waals surface area contributed by atoms with Crippen molar-refractivity contribution in [2.75, 3.05) is 13.7 Å². The molecule has 134 valence electrons. The molecule has 0 saturated heterocycles. The van der Waals surface area contributed by atoms with Gasteiger partial charge in [-0.15, -0.1) is 0 Å². The maximum absolute atomic E-state index is 11.5. The number of benzene rings is 2. The van der Waals surface area contributed by atoms with Crippen LogP contribution in [0.25, 0.3) is 0 Å². The summed E-state index contributed by atoms with van der Waals surface area (Å²) in [4.78, 5) is 11.5. The molecule has 0 spiro atoms. The number of carbonyl (C=O) groups excluding carboxylic acids is 1. The van der Waals surface area contributed by atoms with Crippen molar-refractivity contribution in [3.63, 3.8) is 0 Å². The average Bonchev–Trinajstić information content (AvgIpc) is 2.59. The van der Waals surface area contributed by atoms with Gasteiger partial charge in [-0.2, -0.15) is 0 Å². The molecule has 0 radical (unpaired) electrons. The van der Waals surface area contributed by atoms with E-state index in [9.17, 15) is 9.90 Å². The number of halogens is 1. The highest BCUT2D eigenvalue weighted by Gasteiger charge is 2.20. The SMILES string of the molecule is COC(=O)c1ccc(CC(C)(C)NCC(O)c2cccc(Cl)c2)cc1. The third-order valence-electron chi connectivity index (χ3n) is 4.03. The van der Waals surface area contributed by atoms with Crippen LogP contribution < -0.4 is 5.32 Å². The van der Waals surface area contributed by atoms with Crippen molar-refractivity contribution in [3.8, 4) is 0 Å². The Morgan fingerprint density at radius 1 is 1.24 bits per heavy atom. The fourth-order valence-electron chi connectivity index (χ4n) is 2.65. The van der Waals surface area contributed by atoms with Crippen molar-refractivity contribution >= 4 is 17.6 Å². The van der Waals surface area contributed by atoms with E-state index in [0.29, 0.717) is 17.1 Å². The van der Waals surface area contributed by atoms with Crippen LogP contribution in [0, 0.1) is 0 Å². The molecular formula is C20H24ClNO3. The van der Waals surface area contributed by atoms with Crippen LogP contribution in [0.5, 0.6) is 0 Å². The lowest BCUT2D eigenvalue weighted by Gasteiger charge is -2.28. The molecule has 2 aromatic carbocycles. The predicted molar refractivity (Wildman–Crippen MR) is 100.0 cm³/mol. The van der Waals surface area contributed by atoms with Crippen molar-refractivity contribution in [1.82, 2.24) is 5.32 Å². The number of aliphatic hydroxyl groups is 1. The first-order valence-electron chi connectivity index (χ1n) is 8.16. The van der Waals surface area contributed by atoms with Crippen LogP contribution in [0.4, 0.5) is 0 Å². The first kappa shape index (κ1) is 19.4. The van der Waals surface area contributed by atoms with Crippen LogP contribution in [0.15, 0.2) is 48.5 Å². The molecule has 0 aliphatic carbocycles. The fraction of sp³-hybridized carbons (Fsp3) is 0.350. The lowest BCUT2D eigenvalue weighted by molar-refractivity contribution is 0.0600. The average molecular weight is 362 g/mol. The summed E-state index contributed by atoms with van der Waals surface area (Å²) in [5.41, 5.74) is 2.21. The molecular weight excluding hydrogens is 338 g/mol. The third kappa shape index (κ3) is 5.85. The number of nitrogens with one attached hydrogen (secondary N) is 1. The van der Waals surface area contributed by atoms with Crippen LogP contribution >= 0.6 is 11.6 Å². The number of methoxy groups -OCH3 is 1. The Morgan fingerprint density at radius 2 is 1.92 bits per heavy atom. The Bertz CT molecular complexity index is 713. The topological polar surface area (TPSA) is 58.6 Å². The molecule has 2 aromatic rings. The summed E-state index contributed by atoms with van der Waals surface area (Å²) >= 11 is 5.97. The first-order chi connectivity index (χ1) is 11.8. The van der Waals surface area contributed by atoms with E-state index < -0.39 is 6.10 Å². The van der Waals surface area contributed by atoms with Crippen molar-refractivity contribution in [2.45, 2.75) is 31.9 Å². The second-order valence-corrected chi connectivity index (χ2v) is 7.14. The van der Waals surface area contributed by atoms with Gasteiger partial charge in [-0.25, -0.2) is 4.79 Å². The van der Waals surface area contributed by atoms with Crippen LogP contribution in [0.3, 0.4) is 0 Å². The molecule has 0 aliphatic rings. The second kappa shape index (κ2) is 8.48. The molecule has 2 N–H and O–H groups in total. The van der Waals surface area contributed by atoms with Gasteiger partial charge in [-0.1, -0.05) is 35.9 Å². The molecule has 0 amide bonds. The summed E-state index contributed by atoms with van der Waals surface area (Å²) in [6, 6.07) is 14.6. The molecule has 0 fully saturated rings. The summed E-state index contributed by atoms with van der Waals surface area (Å²) < 4.78 is 4.70. The van der Waals surface area contributed by atoms with Gasteiger partial charge in [0.2, 0.25) is 0 Å². The van der Waals surface area contributed by atoms with Crippen LogP contribution in [-0.4, -0.2) is 30.3 Å². The first-order valence-corrected chi connectivity index (χ1v) is 8.54.